The van der Waals surface area contributed by atoms with Gasteiger partial charge >= 0.3 is 0 Å². The molecule has 102 valence electrons. The van der Waals surface area contributed by atoms with Gasteiger partial charge in [-0.05, 0) is 60.1 Å². The molecule has 0 fully saturated rings. The topological polar surface area (TPSA) is 49.9 Å². The Morgan fingerprint density at radius 1 is 1.32 bits per heavy atom. The number of benzene rings is 1. The largest absolute Gasteiger partial charge is 0.496 e. The monoisotopic (exact) mass is 323 g/mol. The molecule has 0 saturated heterocycles. The molecule has 0 atom stereocenters. The van der Waals surface area contributed by atoms with Crippen LogP contribution in [0.3, 0.4) is 0 Å². The standard InChI is InChI=1S/C14H18BrN3O/c1-8-6-11(19-4)9(2)5-10(8)13-14(15)18-12(17-13)7-16-3/h5-6,16H,7H2,1-4H3,(H,17,18). The van der Waals surface area contributed by atoms with Crippen LogP contribution >= 0.6 is 15.9 Å². The van der Waals surface area contributed by atoms with Crippen molar-refractivity contribution in [2.24, 2.45) is 0 Å². The van der Waals surface area contributed by atoms with Crippen LogP contribution in [-0.2, 0) is 6.54 Å². The summed E-state index contributed by atoms with van der Waals surface area (Å²) in [6, 6.07) is 4.15. The molecule has 19 heavy (non-hydrogen) atoms. The van der Waals surface area contributed by atoms with Gasteiger partial charge in [-0.2, -0.15) is 0 Å². The van der Waals surface area contributed by atoms with Crippen molar-refractivity contribution in [3.63, 3.8) is 0 Å². The summed E-state index contributed by atoms with van der Waals surface area (Å²) in [4.78, 5) is 7.85. The van der Waals surface area contributed by atoms with Crippen LogP contribution in [0.4, 0.5) is 0 Å². The number of rotatable bonds is 4. The molecule has 1 aromatic carbocycles. The van der Waals surface area contributed by atoms with Crippen LogP contribution in [0.5, 0.6) is 5.75 Å². The number of imidazole rings is 1. The average Bonchev–Trinajstić information content (AvgIpc) is 2.73. The van der Waals surface area contributed by atoms with Crippen molar-refractivity contribution < 1.29 is 4.74 Å². The normalized spacial score (nSPS) is 10.8. The molecule has 0 aliphatic heterocycles. The molecule has 2 N–H and O–H groups in total. The molecule has 0 amide bonds. The quantitative estimate of drug-likeness (QED) is 0.908. The van der Waals surface area contributed by atoms with E-state index in [0.717, 1.165) is 38.6 Å². The maximum absolute atomic E-state index is 5.34. The van der Waals surface area contributed by atoms with Crippen LogP contribution in [0, 0.1) is 13.8 Å². The van der Waals surface area contributed by atoms with Crippen molar-refractivity contribution in [1.82, 2.24) is 15.3 Å². The van der Waals surface area contributed by atoms with Crippen LogP contribution < -0.4 is 10.1 Å². The van der Waals surface area contributed by atoms with Crippen LogP contribution in [0.15, 0.2) is 16.7 Å². The summed E-state index contributed by atoms with van der Waals surface area (Å²) in [5.41, 5.74) is 4.30. The predicted octanol–water partition coefficient (Wildman–Crippen LogP) is 3.18. The Morgan fingerprint density at radius 2 is 2.05 bits per heavy atom. The van der Waals surface area contributed by atoms with Gasteiger partial charge in [0.1, 0.15) is 21.9 Å². The van der Waals surface area contributed by atoms with Gasteiger partial charge in [-0.3, -0.25) is 0 Å². The molecule has 0 unspecified atom stereocenters. The zero-order valence-electron chi connectivity index (χ0n) is 11.6. The maximum atomic E-state index is 5.34. The number of aromatic amines is 1. The van der Waals surface area contributed by atoms with E-state index in [1.807, 2.05) is 20.0 Å². The van der Waals surface area contributed by atoms with Gasteiger partial charge in [0, 0.05) is 5.56 Å². The third-order valence-electron chi connectivity index (χ3n) is 3.05. The zero-order chi connectivity index (χ0) is 14.0. The molecule has 2 rings (SSSR count). The fourth-order valence-electron chi connectivity index (χ4n) is 2.09. The Bertz CT molecular complexity index is 593. The summed E-state index contributed by atoms with van der Waals surface area (Å²) in [5.74, 6) is 1.82. The molecule has 0 spiro atoms. The first kappa shape index (κ1) is 14.1. The number of H-pyrrole nitrogens is 1. The van der Waals surface area contributed by atoms with Crippen molar-refractivity contribution >= 4 is 15.9 Å². The first-order valence-corrected chi connectivity index (χ1v) is 6.90. The summed E-state index contributed by atoms with van der Waals surface area (Å²) < 4.78 is 6.25. The van der Waals surface area contributed by atoms with Gasteiger partial charge in [-0.15, -0.1) is 0 Å². The lowest BCUT2D eigenvalue weighted by Gasteiger charge is -2.10. The van der Waals surface area contributed by atoms with Gasteiger partial charge in [0.05, 0.1) is 13.7 Å². The maximum Gasteiger partial charge on any atom is 0.122 e. The van der Waals surface area contributed by atoms with E-state index >= 15 is 0 Å². The van der Waals surface area contributed by atoms with E-state index in [0.29, 0.717) is 6.54 Å². The summed E-state index contributed by atoms with van der Waals surface area (Å²) in [5, 5.41) is 3.09. The summed E-state index contributed by atoms with van der Waals surface area (Å²) >= 11 is 3.54. The molecule has 2 aromatic rings. The van der Waals surface area contributed by atoms with E-state index in [2.05, 4.69) is 44.2 Å². The van der Waals surface area contributed by atoms with Crippen molar-refractivity contribution in [3.8, 4) is 17.0 Å². The van der Waals surface area contributed by atoms with Gasteiger partial charge in [0.2, 0.25) is 0 Å². The SMILES string of the molecule is CNCc1nc(-c2cc(C)c(OC)cc2C)c(Br)[nH]1. The Balaban J connectivity index is 2.49. The number of nitrogens with one attached hydrogen (secondary N) is 2. The molecular weight excluding hydrogens is 306 g/mol. The van der Waals surface area contributed by atoms with Crippen LogP contribution in [0.1, 0.15) is 17.0 Å². The van der Waals surface area contributed by atoms with E-state index in [9.17, 15) is 0 Å². The molecular formula is C14H18BrN3O. The molecule has 0 saturated carbocycles. The van der Waals surface area contributed by atoms with Crippen molar-refractivity contribution in [2.75, 3.05) is 14.2 Å². The lowest BCUT2D eigenvalue weighted by molar-refractivity contribution is 0.411. The zero-order valence-corrected chi connectivity index (χ0v) is 13.2. The summed E-state index contributed by atoms with van der Waals surface area (Å²) in [7, 11) is 3.59. The van der Waals surface area contributed by atoms with E-state index in [4.69, 9.17) is 4.74 Å². The average molecular weight is 324 g/mol. The van der Waals surface area contributed by atoms with Gasteiger partial charge < -0.3 is 15.0 Å². The van der Waals surface area contributed by atoms with E-state index in [1.165, 1.54) is 0 Å². The molecule has 1 aromatic heterocycles. The number of aromatic nitrogens is 2. The predicted molar refractivity (Wildman–Crippen MR) is 80.5 cm³/mol. The molecule has 0 aliphatic carbocycles. The highest BCUT2D eigenvalue weighted by Crippen LogP contribution is 2.32. The second-order valence-corrected chi connectivity index (χ2v) is 5.31. The van der Waals surface area contributed by atoms with Gasteiger partial charge in [0.15, 0.2) is 0 Å². The lowest BCUT2D eigenvalue weighted by atomic mass is 10.0. The van der Waals surface area contributed by atoms with Crippen LogP contribution in [0.25, 0.3) is 11.3 Å². The minimum Gasteiger partial charge on any atom is -0.496 e. The fraction of sp³-hybridized carbons (Fsp3) is 0.357. The second-order valence-electron chi connectivity index (χ2n) is 4.51. The number of ether oxygens (including phenoxy) is 1. The number of hydrogen-bond donors (Lipinski definition) is 2. The minimum absolute atomic E-state index is 0.715. The summed E-state index contributed by atoms with van der Waals surface area (Å²) in [6.07, 6.45) is 0. The third kappa shape index (κ3) is 2.82. The number of halogens is 1. The highest BCUT2D eigenvalue weighted by Gasteiger charge is 2.14. The molecule has 0 radical (unpaired) electrons. The van der Waals surface area contributed by atoms with Crippen molar-refractivity contribution in [2.45, 2.75) is 20.4 Å². The van der Waals surface area contributed by atoms with E-state index in [-0.39, 0.29) is 0 Å². The number of methoxy groups -OCH3 is 1. The van der Waals surface area contributed by atoms with Crippen molar-refractivity contribution in [3.05, 3.63) is 33.7 Å². The minimum atomic E-state index is 0.715. The molecule has 5 heteroatoms. The number of hydrogen-bond acceptors (Lipinski definition) is 3. The Hall–Kier alpha value is -1.33. The fourth-order valence-corrected chi connectivity index (χ4v) is 2.62. The summed E-state index contributed by atoms with van der Waals surface area (Å²) in [6.45, 7) is 4.82. The molecule has 0 aliphatic rings. The molecule has 1 heterocycles. The first-order valence-electron chi connectivity index (χ1n) is 6.11. The molecule has 4 nitrogen and oxygen atoms in total. The Morgan fingerprint density at radius 3 is 2.68 bits per heavy atom. The number of aryl methyl sites for hydroxylation is 2. The molecule has 0 bridgehead atoms. The smallest absolute Gasteiger partial charge is 0.122 e. The first-order chi connectivity index (χ1) is 9.06. The van der Waals surface area contributed by atoms with Crippen LogP contribution in [-0.4, -0.2) is 24.1 Å². The lowest BCUT2D eigenvalue weighted by Crippen LogP contribution is -2.06. The van der Waals surface area contributed by atoms with Crippen LogP contribution in [0.2, 0.25) is 0 Å². The van der Waals surface area contributed by atoms with E-state index in [1.54, 1.807) is 7.11 Å². The Labute approximate surface area is 121 Å². The highest BCUT2D eigenvalue weighted by atomic mass is 79.9. The van der Waals surface area contributed by atoms with Gasteiger partial charge in [-0.25, -0.2) is 4.98 Å². The Kier molecular flexibility index (Phi) is 4.27. The second kappa shape index (κ2) is 5.75. The van der Waals surface area contributed by atoms with Gasteiger partial charge in [-0.1, -0.05) is 0 Å². The van der Waals surface area contributed by atoms with Gasteiger partial charge in [0.25, 0.3) is 0 Å². The van der Waals surface area contributed by atoms with E-state index < -0.39 is 0 Å². The highest BCUT2D eigenvalue weighted by molar-refractivity contribution is 9.10. The number of nitrogens with zero attached hydrogens (tertiary/aromatic N) is 1. The third-order valence-corrected chi connectivity index (χ3v) is 3.62. The van der Waals surface area contributed by atoms with Crippen molar-refractivity contribution in [1.29, 1.82) is 0 Å².